The number of amides is 2. The third-order valence-corrected chi connectivity index (χ3v) is 2.95. The zero-order valence-electron chi connectivity index (χ0n) is 10.9. The van der Waals surface area contributed by atoms with E-state index >= 15 is 0 Å². The topological polar surface area (TPSA) is 95.9 Å². The third-order valence-electron chi connectivity index (χ3n) is 2.95. The predicted molar refractivity (Wildman–Crippen MR) is 68.0 cm³/mol. The van der Waals surface area contributed by atoms with Gasteiger partial charge in [-0.25, -0.2) is 9.18 Å². The lowest BCUT2D eigenvalue weighted by Crippen LogP contribution is -2.60. The van der Waals surface area contributed by atoms with Crippen LogP contribution in [0.4, 0.5) is 4.39 Å². The van der Waals surface area contributed by atoms with Gasteiger partial charge in [-0.2, -0.15) is 0 Å². The fourth-order valence-electron chi connectivity index (χ4n) is 1.91. The number of piperazine rings is 1. The first-order valence-electron chi connectivity index (χ1n) is 6.14. The Balaban J connectivity index is 2.00. The van der Waals surface area contributed by atoms with Gasteiger partial charge in [-0.1, -0.05) is 6.07 Å². The minimum Gasteiger partial charge on any atom is -0.484 e. The molecule has 0 aromatic heterocycles. The van der Waals surface area contributed by atoms with Gasteiger partial charge in [0, 0.05) is 12.6 Å². The third kappa shape index (κ3) is 3.68. The van der Waals surface area contributed by atoms with Crippen LogP contribution in [0.3, 0.4) is 0 Å². The smallest absolute Gasteiger partial charge is 0.328 e. The van der Waals surface area contributed by atoms with E-state index in [9.17, 15) is 18.8 Å². The summed E-state index contributed by atoms with van der Waals surface area (Å²) in [6.45, 7) is -0.970. The van der Waals surface area contributed by atoms with Crippen LogP contribution in [0.1, 0.15) is 0 Å². The second kappa shape index (κ2) is 6.21. The largest absolute Gasteiger partial charge is 0.484 e. The summed E-state index contributed by atoms with van der Waals surface area (Å²) in [6, 6.07) is 4.08. The minimum absolute atomic E-state index is 0.150. The molecule has 1 aliphatic heterocycles. The lowest BCUT2D eigenvalue weighted by Gasteiger charge is -2.32. The monoisotopic (exact) mass is 296 g/mol. The SMILES string of the molecule is O=C1CN(C(=O)COc2cccc(F)c2)C(C(=O)O)CN1. The fraction of sp³-hybridized carbons (Fsp3) is 0.308. The van der Waals surface area contributed by atoms with Crippen molar-refractivity contribution in [3.8, 4) is 5.75 Å². The second-order valence-electron chi connectivity index (χ2n) is 4.43. The van der Waals surface area contributed by atoms with Crippen LogP contribution in [-0.2, 0) is 14.4 Å². The van der Waals surface area contributed by atoms with Gasteiger partial charge in [0.1, 0.15) is 24.2 Å². The normalized spacial score (nSPS) is 18.0. The zero-order valence-corrected chi connectivity index (χ0v) is 10.9. The maximum atomic E-state index is 13.0. The number of nitrogens with one attached hydrogen (secondary N) is 1. The molecule has 2 N–H and O–H groups in total. The average molecular weight is 296 g/mol. The summed E-state index contributed by atoms with van der Waals surface area (Å²) in [6.07, 6.45) is 0. The number of carbonyl (C=O) groups is 3. The standard InChI is InChI=1S/C13H13FN2O5/c14-8-2-1-3-9(4-8)21-7-12(18)16-6-11(17)15-5-10(16)13(19)20/h1-4,10H,5-7H2,(H,15,17)(H,19,20). The van der Waals surface area contributed by atoms with Gasteiger partial charge in [0.15, 0.2) is 6.61 Å². The van der Waals surface area contributed by atoms with Crippen molar-refractivity contribution < 1.29 is 28.6 Å². The van der Waals surface area contributed by atoms with Crippen LogP contribution in [0.2, 0.25) is 0 Å². The molecule has 112 valence electrons. The molecular formula is C13H13FN2O5. The number of carboxylic acids is 1. The Bertz CT molecular complexity index is 577. The van der Waals surface area contributed by atoms with Crippen molar-refractivity contribution in [2.24, 2.45) is 0 Å². The van der Waals surface area contributed by atoms with Crippen molar-refractivity contribution >= 4 is 17.8 Å². The number of aliphatic carboxylic acids is 1. The van der Waals surface area contributed by atoms with Crippen molar-refractivity contribution in [1.29, 1.82) is 0 Å². The van der Waals surface area contributed by atoms with Crippen molar-refractivity contribution in [2.75, 3.05) is 19.7 Å². The Morgan fingerprint density at radius 1 is 1.48 bits per heavy atom. The molecule has 0 spiro atoms. The number of benzene rings is 1. The van der Waals surface area contributed by atoms with Crippen LogP contribution in [-0.4, -0.2) is 53.5 Å². The summed E-state index contributed by atoms with van der Waals surface area (Å²) in [4.78, 5) is 35.2. The highest BCUT2D eigenvalue weighted by molar-refractivity contribution is 5.91. The van der Waals surface area contributed by atoms with Crippen molar-refractivity contribution in [1.82, 2.24) is 10.2 Å². The molecule has 1 aromatic carbocycles. The van der Waals surface area contributed by atoms with Crippen LogP contribution < -0.4 is 10.1 Å². The molecule has 21 heavy (non-hydrogen) atoms. The molecule has 1 heterocycles. The lowest BCUT2D eigenvalue weighted by atomic mass is 10.2. The minimum atomic E-state index is -1.21. The summed E-state index contributed by atoms with van der Waals surface area (Å²) in [5.74, 6) is -2.67. The second-order valence-corrected chi connectivity index (χ2v) is 4.43. The summed E-state index contributed by atoms with van der Waals surface area (Å²) in [7, 11) is 0. The Hall–Kier alpha value is -2.64. The van der Waals surface area contributed by atoms with E-state index < -0.39 is 36.2 Å². The highest BCUT2D eigenvalue weighted by Crippen LogP contribution is 2.13. The van der Waals surface area contributed by atoms with Gasteiger partial charge in [-0.05, 0) is 12.1 Å². The number of halogens is 1. The zero-order chi connectivity index (χ0) is 15.4. The highest BCUT2D eigenvalue weighted by Gasteiger charge is 2.35. The summed E-state index contributed by atoms with van der Waals surface area (Å²) in [5, 5.41) is 11.4. The fourth-order valence-corrected chi connectivity index (χ4v) is 1.91. The van der Waals surface area contributed by atoms with Gasteiger partial charge < -0.3 is 20.1 Å². The maximum absolute atomic E-state index is 13.0. The number of hydrogen-bond acceptors (Lipinski definition) is 4. The highest BCUT2D eigenvalue weighted by atomic mass is 19.1. The number of ether oxygens (including phenoxy) is 1. The number of rotatable bonds is 4. The molecule has 1 saturated heterocycles. The summed E-state index contributed by atoms with van der Waals surface area (Å²) >= 11 is 0. The van der Waals surface area contributed by atoms with E-state index in [0.29, 0.717) is 0 Å². The number of hydrogen-bond donors (Lipinski definition) is 2. The molecule has 0 radical (unpaired) electrons. The maximum Gasteiger partial charge on any atom is 0.328 e. The molecule has 1 unspecified atom stereocenters. The van der Waals surface area contributed by atoms with Crippen molar-refractivity contribution in [2.45, 2.75) is 6.04 Å². The van der Waals surface area contributed by atoms with Crippen molar-refractivity contribution in [3.63, 3.8) is 0 Å². The molecule has 7 nitrogen and oxygen atoms in total. The Morgan fingerprint density at radius 2 is 2.24 bits per heavy atom. The van der Waals surface area contributed by atoms with Crippen LogP contribution in [0.15, 0.2) is 24.3 Å². The van der Waals surface area contributed by atoms with Gasteiger partial charge in [0.25, 0.3) is 5.91 Å². The van der Waals surface area contributed by atoms with E-state index in [1.165, 1.54) is 18.2 Å². The number of carboxylic acid groups (broad SMARTS) is 1. The molecule has 2 amide bonds. The summed E-state index contributed by atoms with van der Waals surface area (Å²) in [5.41, 5.74) is 0. The van der Waals surface area contributed by atoms with Crippen LogP contribution >= 0.6 is 0 Å². The van der Waals surface area contributed by atoms with Gasteiger partial charge in [0.05, 0.1) is 0 Å². The van der Waals surface area contributed by atoms with Gasteiger partial charge in [-0.15, -0.1) is 0 Å². The number of carbonyl (C=O) groups excluding carboxylic acids is 2. The molecule has 0 saturated carbocycles. The molecule has 0 aliphatic carbocycles. The molecular weight excluding hydrogens is 283 g/mol. The molecule has 1 aliphatic rings. The molecule has 0 bridgehead atoms. The van der Waals surface area contributed by atoms with E-state index in [4.69, 9.17) is 9.84 Å². The number of nitrogens with zero attached hydrogens (tertiary/aromatic N) is 1. The van der Waals surface area contributed by atoms with Gasteiger partial charge >= 0.3 is 5.97 Å². The first-order chi connectivity index (χ1) is 9.97. The van der Waals surface area contributed by atoms with Crippen LogP contribution in [0.25, 0.3) is 0 Å². The molecule has 1 fully saturated rings. The van der Waals surface area contributed by atoms with E-state index in [1.54, 1.807) is 0 Å². The Labute approximate surface area is 119 Å². The lowest BCUT2D eigenvalue weighted by molar-refractivity contribution is -0.154. The Kier molecular flexibility index (Phi) is 4.36. The van der Waals surface area contributed by atoms with Crippen LogP contribution in [0, 0.1) is 5.82 Å². The van der Waals surface area contributed by atoms with E-state index in [1.807, 2.05) is 0 Å². The molecule has 8 heteroatoms. The van der Waals surface area contributed by atoms with E-state index in [0.717, 1.165) is 11.0 Å². The van der Waals surface area contributed by atoms with Gasteiger partial charge in [-0.3, -0.25) is 9.59 Å². The van der Waals surface area contributed by atoms with Crippen molar-refractivity contribution in [3.05, 3.63) is 30.1 Å². The van der Waals surface area contributed by atoms with Gasteiger partial charge in [0.2, 0.25) is 5.91 Å². The summed E-state index contributed by atoms with van der Waals surface area (Å²) < 4.78 is 18.1. The first kappa shape index (κ1) is 14.8. The average Bonchev–Trinajstić information content (AvgIpc) is 2.44. The molecule has 2 rings (SSSR count). The predicted octanol–water partition coefficient (Wildman–Crippen LogP) is -0.384. The first-order valence-corrected chi connectivity index (χ1v) is 6.14. The Morgan fingerprint density at radius 3 is 2.90 bits per heavy atom. The van der Waals surface area contributed by atoms with Crippen LogP contribution in [0.5, 0.6) is 5.75 Å². The van der Waals surface area contributed by atoms with E-state index in [2.05, 4.69) is 5.32 Å². The molecule has 1 atom stereocenters. The quantitative estimate of drug-likeness (QED) is 0.789. The molecule has 1 aromatic rings. The van der Waals surface area contributed by atoms with E-state index in [-0.39, 0.29) is 18.8 Å².